The average Bonchev–Trinajstić information content (AvgIpc) is 2.99. The van der Waals surface area contributed by atoms with Gasteiger partial charge in [0.15, 0.2) is 5.69 Å². The Bertz CT molecular complexity index is 772. The summed E-state index contributed by atoms with van der Waals surface area (Å²) in [6.07, 6.45) is 5.36. The van der Waals surface area contributed by atoms with E-state index in [1.165, 1.54) is 0 Å². The quantitative estimate of drug-likeness (QED) is 0.875. The Morgan fingerprint density at radius 1 is 1.38 bits per heavy atom. The van der Waals surface area contributed by atoms with Crippen LogP contribution in [0.4, 0.5) is 0 Å². The molecule has 2 aromatic rings. The van der Waals surface area contributed by atoms with Crippen molar-refractivity contribution in [1.29, 1.82) is 0 Å². The summed E-state index contributed by atoms with van der Waals surface area (Å²) >= 11 is 0. The molecule has 0 atom stereocenters. The molecule has 0 aliphatic carbocycles. The molecule has 1 N–H and O–H groups in total. The second-order valence-corrected chi connectivity index (χ2v) is 6.21. The van der Waals surface area contributed by atoms with Crippen LogP contribution in [0.1, 0.15) is 40.9 Å². The summed E-state index contributed by atoms with van der Waals surface area (Å²) in [6, 6.07) is 5.48. The van der Waals surface area contributed by atoms with Crippen LogP contribution in [0.5, 0.6) is 0 Å². The zero-order valence-corrected chi connectivity index (χ0v) is 13.9. The van der Waals surface area contributed by atoms with Crippen molar-refractivity contribution >= 4 is 17.3 Å². The van der Waals surface area contributed by atoms with E-state index < -0.39 is 0 Å². The smallest absolute Gasteiger partial charge is 0.287 e. The third-order valence-corrected chi connectivity index (χ3v) is 4.43. The highest BCUT2D eigenvalue weighted by Crippen LogP contribution is 2.20. The lowest BCUT2D eigenvalue weighted by Crippen LogP contribution is -2.38. The molecule has 6 heteroatoms. The second-order valence-electron chi connectivity index (χ2n) is 6.21. The van der Waals surface area contributed by atoms with Crippen molar-refractivity contribution in [3.63, 3.8) is 0 Å². The van der Waals surface area contributed by atoms with Crippen LogP contribution in [0.2, 0.25) is 0 Å². The molecule has 6 nitrogen and oxygen atoms in total. The number of likely N-dealkylation sites (tertiary alicyclic amines) is 1. The van der Waals surface area contributed by atoms with E-state index in [1.807, 2.05) is 23.1 Å². The second kappa shape index (κ2) is 6.86. The molecule has 0 radical (unpaired) electrons. The summed E-state index contributed by atoms with van der Waals surface area (Å²) in [4.78, 5) is 31.4. The van der Waals surface area contributed by atoms with Crippen LogP contribution in [0.15, 0.2) is 37.1 Å². The Balaban J connectivity index is 1.94. The number of carbonyl (C=O) groups excluding carboxylic acids is 2. The van der Waals surface area contributed by atoms with Gasteiger partial charge >= 0.3 is 0 Å². The lowest BCUT2D eigenvalue weighted by Gasteiger charge is -2.29. The van der Waals surface area contributed by atoms with Gasteiger partial charge in [-0.25, -0.2) is 4.98 Å². The maximum atomic E-state index is 12.9. The fourth-order valence-corrected chi connectivity index (χ4v) is 2.96. The van der Waals surface area contributed by atoms with Gasteiger partial charge < -0.3 is 10.2 Å². The highest BCUT2D eigenvalue weighted by atomic mass is 16.2. The minimum atomic E-state index is -0.317. The Labute approximate surface area is 141 Å². The third-order valence-electron chi connectivity index (χ3n) is 4.43. The number of imidazole rings is 1. The largest absolute Gasteiger partial charge is 0.346 e. The van der Waals surface area contributed by atoms with Crippen molar-refractivity contribution in [3.05, 3.63) is 48.6 Å². The van der Waals surface area contributed by atoms with Crippen LogP contribution in [0, 0.1) is 5.92 Å². The lowest BCUT2D eigenvalue weighted by atomic mass is 9.99. The number of pyridine rings is 1. The Hall–Kier alpha value is -2.63. The van der Waals surface area contributed by atoms with Crippen molar-refractivity contribution in [2.24, 2.45) is 5.92 Å². The molecule has 0 spiro atoms. The van der Waals surface area contributed by atoms with Gasteiger partial charge in [-0.3, -0.25) is 14.0 Å². The first-order chi connectivity index (χ1) is 11.6. The standard InChI is InChI=1S/C18H22N4O2/c1-3-9-19-17(23)16-20-15(14-6-4-5-10-22(14)16)18(24)21-11-7-13(2)8-12-21/h3-6,10,13H,1,7-9,11-12H2,2H3,(H,19,23). The van der Waals surface area contributed by atoms with Crippen molar-refractivity contribution in [2.45, 2.75) is 19.8 Å². The molecule has 24 heavy (non-hydrogen) atoms. The number of rotatable bonds is 4. The number of fused-ring (bicyclic) bond motifs is 1. The highest BCUT2D eigenvalue weighted by Gasteiger charge is 2.27. The summed E-state index contributed by atoms with van der Waals surface area (Å²) in [5.74, 6) is 0.449. The van der Waals surface area contributed by atoms with Crippen LogP contribution in [-0.2, 0) is 0 Å². The van der Waals surface area contributed by atoms with E-state index in [0.717, 1.165) is 25.9 Å². The molecule has 0 aromatic carbocycles. The van der Waals surface area contributed by atoms with E-state index in [0.29, 0.717) is 23.7 Å². The maximum Gasteiger partial charge on any atom is 0.287 e. The molecule has 1 fully saturated rings. The van der Waals surface area contributed by atoms with E-state index in [1.54, 1.807) is 16.7 Å². The molecule has 0 saturated carbocycles. The van der Waals surface area contributed by atoms with Gasteiger partial charge in [0, 0.05) is 25.8 Å². The number of amides is 2. The van der Waals surface area contributed by atoms with E-state index in [4.69, 9.17) is 0 Å². The molecule has 0 bridgehead atoms. The first kappa shape index (κ1) is 16.2. The summed E-state index contributed by atoms with van der Waals surface area (Å²) < 4.78 is 1.66. The molecule has 3 heterocycles. The van der Waals surface area contributed by atoms with Gasteiger partial charge in [0.25, 0.3) is 11.8 Å². The number of carbonyl (C=O) groups is 2. The number of nitrogens with zero attached hydrogens (tertiary/aromatic N) is 3. The first-order valence-electron chi connectivity index (χ1n) is 8.27. The van der Waals surface area contributed by atoms with Crippen LogP contribution in [0.3, 0.4) is 0 Å². The number of hydrogen-bond donors (Lipinski definition) is 1. The average molecular weight is 326 g/mol. The maximum absolute atomic E-state index is 12.9. The zero-order valence-electron chi connectivity index (χ0n) is 13.9. The van der Waals surface area contributed by atoms with Crippen LogP contribution < -0.4 is 5.32 Å². The van der Waals surface area contributed by atoms with Gasteiger partial charge in [-0.2, -0.15) is 0 Å². The summed E-state index contributed by atoms with van der Waals surface area (Å²) in [7, 11) is 0. The Kier molecular flexibility index (Phi) is 4.64. The van der Waals surface area contributed by atoms with E-state index in [2.05, 4.69) is 23.8 Å². The molecule has 0 unspecified atom stereocenters. The highest BCUT2D eigenvalue weighted by molar-refractivity contribution is 6.02. The predicted octanol–water partition coefficient (Wildman–Crippen LogP) is 2.12. The first-order valence-corrected chi connectivity index (χ1v) is 8.27. The van der Waals surface area contributed by atoms with Gasteiger partial charge in [0.2, 0.25) is 5.82 Å². The third kappa shape index (κ3) is 3.04. The molecule has 2 aromatic heterocycles. The fourth-order valence-electron chi connectivity index (χ4n) is 2.96. The molecule has 1 saturated heterocycles. The summed E-state index contributed by atoms with van der Waals surface area (Å²) in [6.45, 7) is 7.63. The molecule has 1 aliphatic heterocycles. The molecule has 3 rings (SSSR count). The van der Waals surface area contributed by atoms with E-state index in [-0.39, 0.29) is 17.6 Å². The molecule has 1 aliphatic rings. The normalized spacial score (nSPS) is 15.5. The zero-order chi connectivity index (χ0) is 17.1. The van der Waals surface area contributed by atoms with Crippen LogP contribution in [0.25, 0.3) is 5.52 Å². The Morgan fingerprint density at radius 3 is 2.83 bits per heavy atom. The summed E-state index contributed by atoms with van der Waals surface area (Å²) in [5.41, 5.74) is 0.999. The van der Waals surface area contributed by atoms with Crippen molar-refractivity contribution in [3.8, 4) is 0 Å². The van der Waals surface area contributed by atoms with Crippen LogP contribution in [-0.4, -0.2) is 45.7 Å². The summed E-state index contributed by atoms with van der Waals surface area (Å²) in [5, 5.41) is 2.71. The Morgan fingerprint density at radius 2 is 2.12 bits per heavy atom. The van der Waals surface area contributed by atoms with Crippen molar-refractivity contribution in [1.82, 2.24) is 19.6 Å². The topological polar surface area (TPSA) is 66.7 Å². The van der Waals surface area contributed by atoms with Gasteiger partial charge in [0.1, 0.15) is 0 Å². The van der Waals surface area contributed by atoms with Crippen molar-refractivity contribution in [2.75, 3.05) is 19.6 Å². The minimum absolute atomic E-state index is 0.103. The number of nitrogens with one attached hydrogen (secondary N) is 1. The van der Waals surface area contributed by atoms with E-state index >= 15 is 0 Å². The lowest BCUT2D eigenvalue weighted by molar-refractivity contribution is 0.0694. The molecule has 126 valence electrons. The van der Waals surface area contributed by atoms with E-state index in [9.17, 15) is 9.59 Å². The van der Waals surface area contributed by atoms with Gasteiger partial charge in [0.05, 0.1) is 5.52 Å². The SMILES string of the molecule is C=CCNC(=O)c1nc(C(=O)N2CCC(C)CC2)c2ccccn12. The number of piperidine rings is 1. The molecule has 2 amide bonds. The van der Waals surface area contributed by atoms with Gasteiger partial charge in [-0.15, -0.1) is 6.58 Å². The minimum Gasteiger partial charge on any atom is -0.346 e. The fraction of sp³-hybridized carbons (Fsp3) is 0.389. The number of aromatic nitrogens is 2. The molecular formula is C18H22N4O2. The van der Waals surface area contributed by atoms with Gasteiger partial charge in [-0.1, -0.05) is 19.1 Å². The monoisotopic (exact) mass is 326 g/mol. The predicted molar refractivity (Wildman–Crippen MR) is 92.0 cm³/mol. The molecular weight excluding hydrogens is 304 g/mol. The van der Waals surface area contributed by atoms with Crippen LogP contribution >= 0.6 is 0 Å². The van der Waals surface area contributed by atoms with Gasteiger partial charge in [-0.05, 0) is 30.9 Å². The van der Waals surface area contributed by atoms with Crippen molar-refractivity contribution < 1.29 is 9.59 Å². The number of hydrogen-bond acceptors (Lipinski definition) is 3.